The third-order valence-corrected chi connectivity index (χ3v) is 12.6. The predicted octanol–water partition coefficient (Wildman–Crippen LogP) is 6.81. The second-order valence-electron chi connectivity index (χ2n) is 11.6. The van der Waals surface area contributed by atoms with Gasteiger partial charge in [-0.25, -0.2) is 0 Å². The van der Waals surface area contributed by atoms with Gasteiger partial charge < -0.3 is 18.6 Å². The maximum Gasteiger partial charge on any atom is 0.225 e. The summed E-state index contributed by atoms with van der Waals surface area (Å²) >= 11 is 0. The first kappa shape index (κ1) is 27.1. The molecule has 1 aliphatic heterocycles. The number of fused-ring (bicyclic) bond motifs is 1. The Balaban J connectivity index is 1.83. The Kier molecular flexibility index (Phi) is 7.93. The number of nitriles is 1. The van der Waals surface area contributed by atoms with Crippen molar-refractivity contribution in [1.29, 1.82) is 5.26 Å². The number of rotatable bonds is 8. The lowest BCUT2D eigenvalue weighted by Gasteiger charge is -2.44. The zero-order chi connectivity index (χ0) is 26.8. The highest BCUT2D eigenvalue weighted by Crippen LogP contribution is 2.44. The summed E-state index contributed by atoms with van der Waals surface area (Å²) in [7, 11) is -0.388. The Bertz CT molecular complexity index is 1270. The van der Waals surface area contributed by atoms with Crippen LogP contribution in [0, 0.1) is 17.2 Å². The van der Waals surface area contributed by atoms with Gasteiger partial charge in [-0.1, -0.05) is 69.3 Å². The SMILES string of the molecule is COCn1cc([C@@H]2C[C@@H](C#N)CC(=O)N2[C@@H](CO[Si](C)(C)C(C)(C)C)c2ccccc2)c2ccccc21. The van der Waals surface area contributed by atoms with E-state index in [1.165, 1.54) is 0 Å². The van der Waals surface area contributed by atoms with E-state index in [1.54, 1.807) is 7.11 Å². The van der Waals surface area contributed by atoms with Crippen molar-refractivity contribution in [2.75, 3.05) is 13.7 Å². The van der Waals surface area contributed by atoms with Crippen molar-refractivity contribution < 1.29 is 14.0 Å². The molecule has 1 fully saturated rings. The number of nitrogens with zero attached hydrogens (tertiary/aromatic N) is 3. The third kappa shape index (κ3) is 5.52. The number of carbonyl (C=O) groups excluding carboxylic acids is 1. The van der Waals surface area contributed by atoms with Crippen molar-refractivity contribution in [1.82, 2.24) is 9.47 Å². The fourth-order valence-corrected chi connectivity index (χ4v) is 6.03. The first-order valence-electron chi connectivity index (χ1n) is 13.0. The van der Waals surface area contributed by atoms with Crippen LogP contribution in [0.2, 0.25) is 18.1 Å². The molecule has 1 saturated heterocycles. The van der Waals surface area contributed by atoms with Gasteiger partial charge in [0, 0.05) is 30.7 Å². The Morgan fingerprint density at radius 3 is 2.43 bits per heavy atom. The number of ether oxygens (including phenoxy) is 1. The van der Waals surface area contributed by atoms with E-state index in [0.717, 1.165) is 22.0 Å². The molecule has 1 aliphatic rings. The molecule has 0 unspecified atom stereocenters. The summed E-state index contributed by atoms with van der Waals surface area (Å²) in [6.07, 6.45) is 2.91. The molecule has 196 valence electrons. The average molecular weight is 518 g/mol. The van der Waals surface area contributed by atoms with Crippen molar-refractivity contribution >= 4 is 25.1 Å². The zero-order valence-electron chi connectivity index (χ0n) is 22.9. The normalized spacial score (nSPS) is 19.7. The maximum atomic E-state index is 13.9. The van der Waals surface area contributed by atoms with Crippen LogP contribution in [-0.4, -0.2) is 37.4 Å². The summed E-state index contributed by atoms with van der Waals surface area (Å²) in [4.78, 5) is 15.9. The molecule has 1 amide bonds. The molecule has 2 aromatic carbocycles. The summed E-state index contributed by atoms with van der Waals surface area (Å²) in [5.41, 5.74) is 3.16. The summed E-state index contributed by atoms with van der Waals surface area (Å²) in [6, 6.07) is 20.3. The second-order valence-corrected chi connectivity index (χ2v) is 16.4. The lowest BCUT2D eigenvalue weighted by atomic mass is 9.85. The van der Waals surface area contributed by atoms with E-state index < -0.39 is 8.32 Å². The van der Waals surface area contributed by atoms with Crippen LogP contribution in [0.4, 0.5) is 0 Å². The molecular formula is C30H39N3O3Si. The highest BCUT2D eigenvalue weighted by molar-refractivity contribution is 6.74. The van der Waals surface area contributed by atoms with Gasteiger partial charge in [0.15, 0.2) is 8.32 Å². The van der Waals surface area contributed by atoms with Gasteiger partial charge in [0.1, 0.15) is 6.73 Å². The van der Waals surface area contributed by atoms with Crippen LogP contribution in [0.15, 0.2) is 60.8 Å². The first-order valence-corrected chi connectivity index (χ1v) is 15.9. The van der Waals surface area contributed by atoms with Crippen LogP contribution < -0.4 is 0 Å². The smallest absolute Gasteiger partial charge is 0.225 e. The molecule has 37 heavy (non-hydrogen) atoms. The Morgan fingerprint density at radius 2 is 1.78 bits per heavy atom. The Labute approximate surface area is 221 Å². The van der Waals surface area contributed by atoms with Gasteiger partial charge in [-0.3, -0.25) is 4.79 Å². The number of likely N-dealkylation sites (tertiary alicyclic amines) is 1. The maximum absolute atomic E-state index is 13.9. The Hall–Kier alpha value is -2.92. The molecule has 6 nitrogen and oxygen atoms in total. The van der Waals surface area contributed by atoms with Crippen LogP contribution in [-0.2, 0) is 20.7 Å². The quantitative estimate of drug-likeness (QED) is 0.308. The van der Waals surface area contributed by atoms with Gasteiger partial charge in [-0.2, -0.15) is 5.26 Å². The van der Waals surface area contributed by atoms with Gasteiger partial charge in [0.05, 0.1) is 36.2 Å². The van der Waals surface area contributed by atoms with Crippen molar-refractivity contribution in [3.05, 3.63) is 71.9 Å². The van der Waals surface area contributed by atoms with Crippen LogP contribution in [0.1, 0.15) is 56.8 Å². The van der Waals surface area contributed by atoms with Gasteiger partial charge in [0.2, 0.25) is 5.91 Å². The minimum atomic E-state index is -2.07. The van der Waals surface area contributed by atoms with Crippen LogP contribution in [0.3, 0.4) is 0 Å². The molecule has 0 N–H and O–H groups in total. The van der Waals surface area contributed by atoms with E-state index in [1.807, 2.05) is 35.2 Å². The molecule has 0 aliphatic carbocycles. The van der Waals surface area contributed by atoms with E-state index in [2.05, 4.69) is 75.0 Å². The molecule has 0 bridgehead atoms. The average Bonchev–Trinajstić information content (AvgIpc) is 3.23. The largest absolute Gasteiger partial charge is 0.414 e. The number of aromatic nitrogens is 1. The summed E-state index contributed by atoms with van der Waals surface area (Å²) in [5.74, 6) is -0.324. The summed E-state index contributed by atoms with van der Waals surface area (Å²) in [5, 5.41) is 11.0. The van der Waals surface area contributed by atoms with Gasteiger partial charge in [0.25, 0.3) is 0 Å². The number of carbonyl (C=O) groups is 1. The lowest BCUT2D eigenvalue weighted by molar-refractivity contribution is -0.142. The first-order chi connectivity index (χ1) is 17.6. The number of amides is 1. The van der Waals surface area contributed by atoms with E-state index in [4.69, 9.17) is 9.16 Å². The molecular weight excluding hydrogens is 478 g/mol. The van der Waals surface area contributed by atoms with Gasteiger partial charge in [-0.05, 0) is 36.2 Å². The van der Waals surface area contributed by atoms with E-state index in [0.29, 0.717) is 19.8 Å². The van der Waals surface area contributed by atoms with Crippen LogP contribution in [0.25, 0.3) is 10.9 Å². The number of methoxy groups -OCH3 is 1. The Morgan fingerprint density at radius 1 is 1.11 bits per heavy atom. The summed E-state index contributed by atoms with van der Waals surface area (Å²) in [6.45, 7) is 12.0. The summed E-state index contributed by atoms with van der Waals surface area (Å²) < 4.78 is 14.3. The number of benzene rings is 2. The minimum absolute atomic E-state index is 0.000873. The highest BCUT2D eigenvalue weighted by atomic mass is 28.4. The second kappa shape index (κ2) is 10.8. The van der Waals surface area contributed by atoms with E-state index >= 15 is 0 Å². The van der Waals surface area contributed by atoms with E-state index in [9.17, 15) is 10.1 Å². The fourth-order valence-electron chi connectivity index (χ4n) is 5.03. The van der Waals surface area contributed by atoms with Crippen molar-refractivity contribution in [2.45, 2.75) is 70.6 Å². The number of para-hydroxylation sites is 1. The third-order valence-electron chi connectivity index (χ3n) is 8.11. The number of hydrogen-bond acceptors (Lipinski definition) is 4. The highest BCUT2D eigenvalue weighted by Gasteiger charge is 2.43. The fraction of sp³-hybridized carbons (Fsp3) is 0.467. The van der Waals surface area contributed by atoms with Crippen LogP contribution in [0.5, 0.6) is 0 Å². The van der Waals surface area contributed by atoms with Crippen molar-refractivity contribution in [3.8, 4) is 6.07 Å². The molecule has 3 atom stereocenters. The molecule has 0 radical (unpaired) electrons. The molecule has 0 saturated carbocycles. The van der Waals surface area contributed by atoms with Gasteiger partial charge >= 0.3 is 0 Å². The number of piperidine rings is 1. The van der Waals surface area contributed by atoms with E-state index in [-0.39, 0.29) is 35.4 Å². The van der Waals surface area contributed by atoms with Crippen molar-refractivity contribution in [3.63, 3.8) is 0 Å². The minimum Gasteiger partial charge on any atom is -0.414 e. The molecule has 4 rings (SSSR count). The monoisotopic (exact) mass is 517 g/mol. The van der Waals surface area contributed by atoms with Gasteiger partial charge in [-0.15, -0.1) is 0 Å². The standard InChI is InChI=1S/C30H39N3O3Si/c1-30(2,3)37(5,6)36-20-28(23-12-8-7-9-13-23)33-27(16-22(18-31)17-29(33)34)25-19-32(21-35-4)26-15-11-10-14-24(25)26/h7-15,19,22,27-28H,16-17,20-21H2,1-6H3/t22-,27+,28+/m1/s1. The molecule has 1 aromatic heterocycles. The molecule has 0 spiro atoms. The lowest BCUT2D eigenvalue weighted by Crippen LogP contribution is -2.47. The van der Waals surface area contributed by atoms with Crippen molar-refractivity contribution in [2.24, 2.45) is 5.92 Å². The predicted molar refractivity (Wildman–Crippen MR) is 149 cm³/mol. The zero-order valence-corrected chi connectivity index (χ0v) is 23.9. The van der Waals surface area contributed by atoms with Crippen LogP contribution >= 0.6 is 0 Å². The molecule has 7 heteroatoms. The molecule has 3 aromatic rings. The topological polar surface area (TPSA) is 67.5 Å². The number of hydrogen-bond donors (Lipinski definition) is 0. The molecule has 2 heterocycles.